The van der Waals surface area contributed by atoms with E-state index in [9.17, 15) is 0 Å². The molecule has 0 aliphatic heterocycles. The fourth-order valence-corrected chi connectivity index (χ4v) is 1.45. The Bertz CT molecular complexity index is 240. The fraction of sp³-hybridized carbons (Fsp3) is 0.455. The molecule has 0 aliphatic rings. The number of rotatable bonds is 4. The van der Waals surface area contributed by atoms with E-state index in [0.717, 1.165) is 6.42 Å². The summed E-state index contributed by atoms with van der Waals surface area (Å²) >= 11 is 0. The molecule has 0 aromatic heterocycles. The van der Waals surface area contributed by atoms with E-state index in [1.54, 1.807) is 0 Å². The van der Waals surface area contributed by atoms with Crippen LogP contribution in [0.25, 0.3) is 0 Å². The SMILES string of the molecule is CC(CC(N)CO)c1ccccc1.Cl. The van der Waals surface area contributed by atoms with E-state index in [4.69, 9.17) is 10.8 Å². The van der Waals surface area contributed by atoms with Gasteiger partial charge in [0, 0.05) is 6.04 Å². The molecule has 0 radical (unpaired) electrons. The van der Waals surface area contributed by atoms with Gasteiger partial charge in [-0.2, -0.15) is 0 Å². The average molecular weight is 216 g/mol. The van der Waals surface area contributed by atoms with Gasteiger partial charge >= 0.3 is 0 Å². The molecule has 2 atom stereocenters. The zero-order valence-corrected chi connectivity index (χ0v) is 9.20. The number of hydrogen-bond acceptors (Lipinski definition) is 2. The molecule has 0 saturated heterocycles. The van der Waals surface area contributed by atoms with Crippen LogP contribution in [0.15, 0.2) is 30.3 Å². The molecule has 0 amide bonds. The van der Waals surface area contributed by atoms with Gasteiger partial charge in [0.25, 0.3) is 0 Å². The molecule has 1 rings (SSSR count). The highest BCUT2D eigenvalue weighted by atomic mass is 35.5. The van der Waals surface area contributed by atoms with Crippen LogP contribution in [0, 0.1) is 0 Å². The van der Waals surface area contributed by atoms with Gasteiger partial charge in [-0.05, 0) is 17.9 Å². The quantitative estimate of drug-likeness (QED) is 0.806. The lowest BCUT2D eigenvalue weighted by molar-refractivity contribution is 0.255. The van der Waals surface area contributed by atoms with E-state index in [1.807, 2.05) is 18.2 Å². The Morgan fingerprint density at radius 2 is 1.86 bits per heavy atom. The Balaban J connectivity index is 0.00000169. The molecule has 0 saturated carbocycles. The van der Waals surface area contributed by atoms with Crippen molar-refractivity contribution in [1.82, 2.24) is 0 Å². The summed E-state index contributed by atoms with van der Waals surface area (Å²) in [5, 5.41) is 8.81. The first kappa shape index (κ1) is 13.4. The maximum absolute atomic E-state index is 8.81. The van der Waals surface area contributed by atoms with Crippen molar-refractivity contribution in [2.24, 2.45) is 5.73 Å². The highest BCUT2D eigenvalue weighted by Gasteiger charge is 2.09. The van der Waals surface area contributed by atoms with E-state index >= 15 is 0 Å². The molecule has 0 fully saturated rings. The van der Waals surface area contributed by atoms with Crippen molar-refractivity contribution in [2.45, 2.75) is 25.3 Å². The Morgan fingerprint density at radius 3 is 2.36 bits per heavy atom. The van der Waals surface area contributed by atoms with E-state index in [2.05, 4.69) is 19.1 Å². The van der Waals surface area contributed by atoms with E-state index < -0.39 is 0 Å². The minimum atomic E-state index is -0.102. The molecule has 1 aromatic carbocycles. The summed E-state index contributed by atoms with van der Waals surface area (Å²) in [6, 6.07) is 10.1. The van der Waals surface area contributed by atoms with Crippen LogP contribution in [-0.2, 0) is 0 Å². The first-order valence-electron chi connectivity index (χ1n) is 4.65. The van der Waals surface area contributed by atoms with Crippen molar-refractivity contribution in [1.29, 1.82) is 0 Å². The van der Waals surface area contributed by atoms with Crippen molar-refractivity contribution in [3.63, 3.8) is 0 Å². The topological polar surface area (TPSA) is 46.2 Å². The summed E-state index contributed by atoms with van der Waals surface area (Å²) in [6.07, 6.45) is 0.834. The van der Waals surface area contributed by atoms with Gasteiger partial charge in [0.1, 0.15) is 0 Å². The molecular weight excluding hydrogens is 198 g/mol. The lowest BCUT2D eigenvalue weighted by Crippen LogP contribution is -2.26. The highest BCUT2D eigenvalue weighted by molar-refractivity contribution is 5.85. The van der Waals surface area contributed by atoms with Crippen molar-refractivity contribution in [3.05, 3.63) is 35.9 Å². The summed E-state index contributed by atoms with van der Waals surface area (Å²) in [5.41, 5.74) is 6.94. The number of hydrogen-bond donors (Lipinski definition) is 2. The van der Waals surface area contributed by atoms with Gasteiger partial charge in [-0.25, -0.2) is 0 Å². The fourth-order valence-electron chi connectivity index (χ4n) is 1.45. The van der Waals surface area contributed by atoms with Crippen LogP contribution >= 0.6 is 12.4 Å². The minimum absolute atomic E-state index is 0. The zero-order chi connectivity index (χ0) is 9.68. The molecule has 2 nitrogen and oxygen atoms in total. The monoisotopic (exact) mass is 215 g/mol. The number of nitrogens with two attached hydrogens (primary N) is 1. The predicted octanol–water partition coefficient (Wildman–Crippen LogP) is 1.92. The lowest BCUT2D eigenvalue weighted by Gasteiger charge is -2.15. The number of aliphatic hydroxyl groups is 1. The van der Waals surface area contributed by atoms with Crippen LogP contribution in [0.3, 0.4) is 0 Å². The molecular formula is C11H18ClNO. The van der Waals surface area contributed by atoms with Gasteiger partial charge in [-0.1, -0.05) is 37.3 Å². The van der Waals surface area contributed by atoms with Crippen LogP contribution in [0.5, 0.6) is 0 Å². The van der Waals surface area contributed by atoms with Crippen LogP contribution in [-0.4, -0.2) is 17.8 Å². The lowest BCUT2D eigenvalue weighted by atomic mass is 9.95. The van der Waals surface area contributed by atoms with Crippen LogP contribution in [0.2, 0.25) is 0 Å². The van der Waals surface area contributed by atoms with Crippen LogP contribution < -0.4 is 5.73 Å². The molecule has 0 bridgehead atoms. The van der Waals surface area contributed by atoms with Crippen molar-refractivity contribution in [2.75, 3.05) is 6.61 Å². The standard InChI is InChI=1S/C11H17NO.ClH/c1-9(7-11(12)8-13)10-5-3-2-4-6-10;/h2-6,9,11,13H,7-8,12H2,1H3;1H. The third-order valence-electron chi connectivity index (χ3n) is 2.26. The van der Waals surface area contributed by atoms with Crippen molar-refractivity contribution >= 4 is 12.4 Å². The Hall–Kier alpha value is -0.570. The second kappa shape index (κ2) is 6.82. The maximum Gasteiger partial charge on any atom is 0.0582 e. The third-order valence-corrected chi connectivity index (χ3v) is 2.26. The number of halogens is 1. The van der Waals surface area contributed by atoms with Gasteiger partial charge in [0.05, 0.1) is 6.61 Å². The Kier molecular flexibility index (Phi) is 6.54. The summed E-state index contributed by atoms with van der Waals surface area (Å²) in [6.45, 7) is 2.20. The maximum atomic E-state index is 8.81. The van der Waals surface area contributed by atoms with Gasteiger partial charge in [-0.3, -0.25) is 0 Å². The van der Waals surface area contributed by atoms with Crippen LogP contribution in [0.4, 0.5) is 0 Å². The normalized spacial score (nSPS) is 14.2. The molecule has 3 heteroatoms. The summed E-state index contributed by atoms with van der Waals surface area (Å²) in [7, 11) is 0. The second-order valence-electron chi connectivity index (χ2n) is 3.49. The number of benzene rings is 1. The molecule has 1 aromatic rings. The first-order valence-corrected chi connectivity index (χ1v) is 4.65. The van der Waals surface area contributed by atoms with Crippen molar-refractivity contribution in [3.8, 4) is 0 Å². The summed E-state index contributed by atoms with van der Waals surface area (Å²) in [5.74, 6) is 0.420. The Labute approximate surface area is 91.5 Å². The van der Waals surface area contributed by atoms with E-state index in [1.165, 1.54) is 5.56 Å². The second-order valence-corrected chi connectivity index (χ2v) is 3.49. The van der Waals surface area contributed by atoms with Crippen molar-refractivity contribution < 1.29 is 5.11 Å². The molecule has 80 valence electrons. The van der Waals surface area contributed by atoms with E-state index in [0.29, 0.717) is 5.92 Å². The van der Waals surface area contributed by atoms with Gasteiger partial charge in [0.2, 0.25) is 0 Å². The molecule has 14 heavy (non-hydrogen) atoms. The first-order chi connectivity index (χ1) is 6.24. The smallest absolute Gasteiger partial charge is 0.0582 e. The molecule has 0 heterocycles. The van der Waals surface area contributed by atoms with Crippen LogP contribution in [0.1, 0.15) is 24.8 Å². The number of aliphatic hydroxyl groups excluding tert-OH is 1. The largest absolute Gasteiger partial charge is 0.395 e. The molecule has 0 spiro atoms. The summed E-state index contributed by atoms with van der Waals surface area (Å²) < 4.78 is 0. The van der Waals surface area contributed by atoms with Gasteiger partial charge < -0.3 is 10.8 Å². The van der Waals surface area contributed by atoms with Gasteiger partial charge in [-0.15, -0.1) is 12.4 Å². The molecule has 3 N–H and O–H groups in total. The molecule has 0 aliphatic carbocycles. The van der Waals surface area contributed by atoms with Gasteiger partial charge in [0.15, 0.2) is 0 Å². The third kappa shape index (κ3) is 4.09. The summed E-state index contributed by atoms with van der Waals surface area (Å²) in [4.78, 5) is 0. The van der Waals surface area contributed by atoms with E-state index in [-0.39, 0.29) is 25.1 Å². The predicted molar refractivity (Wildman–Crippen MR) is 61.8 cm³/mol. The average Bonchev–Trinajstić information content (AvgIpc) is 2.19. The Morgan fingerprint density at radius 1 is 1.29 bits per heavy atom. The molecule has 2 unspecified atom stereocenters. The highest BCUT2D eigenvalue weighted by Crippen LogP contribution is 2.19. The minimum Gasteiger partial charge on any atom is -0.395 e. The zero-order valence-electron chi connectivity index (χ0n) is 8.39.